The second-order valence-corrected chi connectivity index (χ2v) is 8.85. The molecule has 13 heteroatoms. The highest BCUT2D eigenvalue weighted by Crippen LogP contribution is 2.41. The summed E-state index contributed by atoms with van der Waals surface area (Å²) in [6.45, 7) is 2.73. The summed E-state index contributed by atoms with van der Waals surface area (Å²) in [5.41, 5.74) is 5.93. The van der Waals surface area contributed by atoms with Crippen molar-refractivity contribution >= 4 is 27.5 Å². The zero-order valence-electron chi connectivity index (χ0n) is 17.9. The van der Waals surface area contributed by atoms with Crippen LogP contribution in [0.5, 0.6) is 11.5 Å². The van der Waals surface area contributed by atoms with Gasteiger partial charge in [-0.25, -0.2) is 4.98 Å². The first-order chi connectivity index (χ1) is 16.1. The molecule has 0 aliphatic carbocycles. The lowest BCUT2D eigenvalue weighted by molar-refractivity contribution is -0.173. The molecule has 176 valence electrons. The summed E-state index contributed by atoms with van der Waals surface area (Å²) in [7, 11) is 0. The van der Waals surface area contributed by atoms with E-state index in [1.165, 1.54) is 23.0 Å². The second-order valence-electron chi connectivity index (χ2n) is 7.85. The van der Waals surface area contributed by atoms with Gasteiger partial charge in [0, 0.05) is 13.3 Å². The Bertz CT molecular complexity index is 1490. The number of aryl methyl sites for hydroxylation is 1. The van der Waals surface area contributed by atoms with Gasteiger partial charge in [0.1, 0.15) is 11.4 Å². The van der Waals surface area contributed by atoms with Gasteiger partial charge in [-0.2, -0.15) is 9.37 Å². The standard InChI is InChI=1S/C21H18FN5O6S/c1-9-16-19(34-17(9)18(23)29)24-8-27(20(16)30)7-15-25-14(26-33-15)6-11(28)10-3-4-12-13(5-10)32-21(2,22)31-12/h3-5,8,11,28H,6-7H2,1-2H3,(H2,23,29)/t11-,21?/m0/s1. The third-order valence-corrected chi connectivity index (χ3v) is 6.48. The van der Waals surface area contributed by atoms with Crippen LogP contribution in [0.25, 0.3) is 10.2 Å². The topological polar surface area (TPSA) is 156 Å². The number of hydrogen-bond acceptors (Lipinski definition) is 10. The van der Waals surface area contributed by atoms with E-state index < -0.39 is 18.1 Å². The molecule has 0 spiro atoms. The van der Waals surface area contributed by atoms with Gasteiger partial charge < -0.3 is 24.8 Å². The largest absolute Gasteiger partial charge is 0.423 e. The van der Waals surface area contributed by atoms with Gasteiger partial charge in [-0.05, 0) is 30.2 Å². The molecular weight excluding hydrogens is 469 g/mol. The molecule has 0 bridgehead atoms. The zero-order chi connectivity index (χ0) is 24.2. The predicted molar refractivity (Wildman–Crippen MR) is 116 cm³/mol. The first-order valence-corrected chi connectivity index (χ1v) is 10.9. The molecule has 34 heavy (non-hydrogen) atoms. The number of hydrogen-bond donors (Lipinski definition) is 2. The van der Waals surface area contributed by atoms with Gasteiger partial charge in [0.2, 0.25) is 5.89 Å². The maximum Gasteiger partial charge on any atom is 0.404 e. The fourth-order valence-electron chi connectivity index (χ4n) is 3.69. The molecule has 0 radical (unpaired) electrons. The Morgan fingerprint density at radius 2 is 2.12 bits per heavy atom. The number of rotatable bonds is 6. The summed E-state index contributed by atoms with van der Waals surface area (Å²) in [6.07, 6.45) is 0.315. The number of nitrogens with zero attached hydrogens (tertiary/aromatic N) is 4. The van der Waals surface area contributed by atoms with Gasteiger partial charge in [-0.3, -0.25) is 14.2 Å². The van der Waals surface area contributed by atoms with E-state index in [1.54, 1.807) is 13.0 Å². The number of benzene rings is 1. The summed E-state index contributed by atoms with van der Waals surface area (Å²) < 4.78 is 30.4. The first-order valence-electron chi connectivity index (χ1n) is 10.1. The Labute approximate surface area is 194 Å². The molecule has 0 saturated heterocycles. The number of amides is 1. The third-order valence-electron chi connectivity index (χ3n) is 5.27. The van der Waals surface area contributed by atoms with Crippen molar-refractivity contribution in [2.45, 2.75) is 39.0 Å². The molecule has 4 aromatic rings. The van der Waals surface area contributed by atoms with Crippen LogP contribution in [0.3, 0.4) is 0 Å². The first kappa shape index (κ1) is 22.0. The molecule has 4 heterocycles. The van der Waals surface area contributed by atoms with E-state index in [0.29, 0.717) is 21.3 Å². The van der Waals surface area contributed by atoms with Crippen LogP contribution in [0.2, 0.25) is 0 Å². The lowest BCUT2D eigenvalue weighted by Crippen LogP contribution is -2.27. The molecule has 0 saturated carbocycles. The number of nitrogens with two attached hydrogens (primary N) is 1. The fourth-order valence-corrected chi connectivity index (χ4v) is 4.68. The molecule has 5 rings (SSSR count). The molecule has 1 aliphatic heterocycles. The average Bonchev–Trinajstić information content (AvgIpc) is 3.43. The number of aromatic nitrogens is 4. The Balaban J connectivity index is 1.33. The van der Waals surface area contributed by atoms with Gasteiger partial charge in [0.15, 0.2) is 17.3 Å². The molecule has 1 aromatic carbocycles. The molecule has 11 nitrogen and oxygen atoms in total. The highest BCUT2D eigenvalue weighted by atomic mass is 32.1. The minimum absolute atomic E-state index is 0.00777. The molecule has 0 fully saturated rings. The number of aliphatic hydroxyl groups is 1. The molecule has 2 atom stereocenters. The Morgan fingerprint density at radius 3 is 2.88 bits per heavy atom. The van der Waals surface area contributed by atoms with Gasteiger partial charge >= 0.3 is 6.04 Å². The smallest absolute Gasteiger partial charge is 0.404 e. The van der Waals surface area contributed by atoms with Crippen molar-refractivity contribution in [2.24, 2.45) is 5.73 Å². The Hall–Kier alpha value is -3.84. The van der Waals surface area contributed by atoms with Crippen LogP contribution in [0.15, 0.2) is 33.8 Å². The quantitative estimate of drug-likeness (QED) is 0.415. The van der Waals surface area contributed by atoms with E-state index in [2.05, 4.69) is 15.1 Å². The van der Waals surface area contributed by atoms with E-state index >= 15 is 0 Å². The van der Waals surface area contributed by atoms with Gasteiger partial charge in [0.05, 0.1) is 22.7 Å². The van der Waals surface area contributed by atoms with Gasteiger partial charge in [-0.15, -0.1) is 11.3 Å². The van der Waals surface area contributed by atoms with Crippen LogP contribution in [-0.2, 0) is 13.0 Å². The van der Waals surface area contributed by atoms with E-state index in [0.717, 1.165) is 18.3 Å². The SMILES string of the molecule is Cc1c(C(N)=O)sc2ncn(Cc3nc(C[C@H](O)c4ccc5c(c4)OC(C)(F)O5)no3)c(=O)c12. The van der Waals surface area contributed by atoms with E-state index in [9.17, 15) is 19.1 Å². The molecule has 3 N–H and O–H groups in total. The molecule has 1 unspecified atom stereocenters. The number of halogens is 1. The van der Waals surface area contributed by atoms with E-state index in [-0.39, 0.29) is 46.6 Å². The number of alkyl halides is 1. The number of thiophene rings is 1. The summed E-state index contributed by atoms with van der Waals surface area (Å²) >= 11 is 1.06. The minimum atomic E-state index is -2.26. The zero-order valence-corrected chi connectivity index (χ0v) is 18.8. The number of fused-ring (bicyclic) bond motifs is 2. The van der Waals surface area contributed by atoms with Crippen LogP contribution >= 0.6 is 11.3 Å². The van der Waals surface area contributed by atoms with Crippen LogP contribution in [0, 0.1) is 6.92 Å². The lowest BCUT2D eigenvalue weighted by Gasteiger charge is -2.10. The van der Waals surface area contributed by atoms with Crippen molar-refractivity contribution in [1.29, 1.82) is 0 Å². The monoisotopic (exact) mass is 487 g/mol. The molecule has 1 amide bonds. The molecule has 3 aromatic heterocycles. The summed E-state index contributed by atoms with van der Waals surface area (Å²) in [5, 5.41) is 14.7. The van der Waals surface area contributed by atoms with E-state index in [4.69, 9.17) is 19.7 Å². The number of ether oxygens (including phenoxy) is 2. The number of carbonyl (C=O) groups excluding carboxylic acids is 1. The normalized spacial score (nSPS) is 17.9. The number of aliphatic hydroxyl groups excluding tert-OH is 1. The molecule has 1 aliphatic rings. The van der Waals surface area contributed by atoms with Crippen molar-refractivity contribution in [3.05, 3.63) is 62.6 Å². The van der Waals surface area contributed by atoms with Crippen LogP contribution in [0.1, 0.15) is 45.5 Å². The maximum atomic E-state index is 13.9. The predicted octanol–water partition coefficient (Wildman–Crippen LogP) is 1.99. The third kappa shape index (κ3) is 3.88. The fraction of sp³-hybridized carbons (Fsp3) is 0.286. The Morgan fingerprint density at radius 1 is 1.35 bits per heavy atom. The Kier molecular flexibility index (Phi) is 5.10. The van der Waals surface area contributed by atoms with Crippen molar-refractivity contribution in [3.8, 4) is 11.5 Å². The van der Waals surface area contributed by atoms with Crippen LogP contribution < -0.4 is 20.8 Å². The van der Waals surface area contributed by atoms with Crippen molar-refractivity contribution in [1.82, 2.24) is 19.7 Å². The average molecular weight is 487 g/mol. The summed E-state index contributed by atoms with van der Waals surface area (Å²) in [5.74, 6) is 0.142. The minimum Gasteiger partial charge on any atom is -0.423 e. The highest BCUT2D eigenvalue weighted by Gasteiger charge is 2.37. The van der Waals surface area contributed by atoms with Crippen molar-refractivity contribution in [3.63, 3.8) is 0 Å². The van der Waals surface area contributed by atoms with Crippen molar-refractivity contribution in [2.75, 3.05) is 0 Å². The van der Waals surface area contributed by atoms with Gasteiger partial charge in [0.25, 0.3) is 11.5 Å². The lowest BCUT2D eigenvalue weighted by atomic mass is 10.1. The highest BCUT2D eigenvalue weighted by molar-refractivity contribution is 7.20. The molecular formula is C21H18FN5O6S. The van der Waals surface area contributed by atoms with E-state index in [1.807, 2.05) is 0 Å². The number of carbonyl (C=O) groups is 1. The van der Waals surface area contributed by atoms with Crippen molar-refractivity contribution < 1.29 is 28.3 Å². The summed E-state index contributed by atoms with van der Waals surface area (Å²) in [6, 6.07) is 2.31. The maximum absolute atomic E-state index is 13.9. The number of primary amides is 1. The van der Waals surface area contributed by atoms with Crippen LogP contribution in [-0.4, -0.2) is 36.7 Å². The second kappa shape index (κ2) is 7.88. The van der Waals surface area contributed by atoms with Gasteiger partial charge in [-0.1, -0.05) is 11.2 Å². The van der Waals surface area contributed by atoms with Crippen LogP contribution in [0.4, 0.5) is 4.39 Å². The summed E-state index contributed by atoms with van der Waals surface area (Å²) in [4.78, 5) is 33.6.